The SMILES string of the molecule is CN(CC(C)(C)C)C(=O)c1ccccc1Br. The average molecular weight is 284 g/mol. The van der Waals surface area contributed by atoms with Gasteiger partial charge in [-0.15, -0.1) is 0 Å². The van der Waals surface area contributed by atoms with E-state index in [9.17, 15) is 4.79 Å². The third kappa shape index (κ3) is 3.63. The normalized spacial score (nSPS) is 11.3. The standard InChI is InChI=1S/C13H18BrNO/c1-13(2,3)9-15(4)12(16)10-7-5-6-8-11(10)14/h5-8H,9H2,1-4H3. The zero-order chi connectivity index (χ0) is 12.3. The van der Waals surface area contributed by atoms with E-state index in [1.807, 2.05) is 31.3 Å². The molecule has 0 aliphatic heterocycles. The lowest BCUT2D eigenvalue weighted by atomic mass is 9.96. The van der Waals surface area contributed by atoms with Crippen LogP contribution >= 0.6 is 15.9 Å². The van der Waals surface area contributed by atoms with Gasteiger partial charge in [-0.1, -0.05) is 32.9 Å². The summed E-state index contributed by atoms with van der Waals surface area (Å²) in [5.74, 6) is 0.0578. The van der Waals surface area contributed by atoms with E-state index in [1.54, 1.807) is 4.90 Å². The van der Waals surface area contributed by atoms with Crippen molar-refractivity contribution in [1.29, 1.82) is 0 Å². The molecule has 0 saturated heterocycles. The molecule has 0 spiro atoms. The lowest BCUT2D eigenvalue weighted by molar-refractivity contribution is 0.0745. The lowest BCUT2D eigenvalue weighted by Crippen LogP contribution is -2.34. The summed E-state index contributed by atoms with van der Waals surface area (Å²) in [5.41, 5.74) is 0.834. The number of carbonyl (C=O) groups is 1. The van der Waals surface area contributed by atoms with Crippen molar-refractivity contribution in [3.63, 3.8) is 0 Å². The molecule has 0 unspecified atom stereocenters. The summed E-state index contributed by atoms with van der Waals surface area (Å²) in [7, 11) is 1.84. The maximum absolute atomic E-state index is 12.1. The summed E-state index contributed by atoms with van der Waals surface area (Å²) in [6.07, 6.45) is 0. The smallest absolute Gasteiger partial charge is 0.254 e. The molecule has 1 amide bonds. The minimum absolute atomic E-state index is 0.0578. The zero-order valence-electron chi connectivity index (χ0n) is 10.2. The fourth-order valence-electron chi connectivity index (χ4n) is 1.62. The Morgan fingerprint density at radius 2 is 1.88 bits per heavy atom. The molecular formula is C13H18BrNO. The van der Waals surface area contributed by atoms with E-state index < -0.39 is 0 Å². The van der Waals surface area contributed by atoms with Crippen molar-refractivity contribution in [3.8, 4) is 0 Å². The molecule has 1 rings (SSSR count). The van der Waals surface area contributed by atoms with Gasteiger partial charge in [0.15, 0.2) is 0 Å². The maximum atomic E-state index is 12.1. The van der Waals surface area contributed by atoms with Gasteiger partial charge in [-0.2, -0.15) is 0 Å². The number of amides is 1. The van der Waals surface area contributed by atoms with Gasteiger partial charge in [-0.25, -0.2) is 0 Å². The van der Waals surface area contributed by atoms with Crippen LogP contribution in [-0.4, -0.2) is 24.4 Å². The Kier molecular flexibility index (Phi) is 4.14. The van der Waals surface area contributed by atoms with Gasteiger partial charge in [-0.05, 0) is 33.5 Å². The first-order valence-corrected chi connectivity index (χ1v) is 6.10. The predicted molar refractivity (Wildman–Crippen MR) is 70.6 cm³/mol. The number of halogens is 1. The molecule has 0 aliphatic rings. The topological polar surface area (TPSA) is 20.3 Å². The largest absolute Gasteiger partial charge is 0.341 e. The first kappa shape index (κ1) is 13.2. The first-order valence-electron chi connectivity index (χ1n) is 5.31. The number of benzene rings is 1. The van der Waals surface area contributed by atoms with E-state index in [-0.39, 0.29) is 11.3 Å². The Balaban J connectivity index is 2.83. The monoisotopic (exact) mass is 283 g/mol. The van der Waals surface area contributed by atoms with Crippen LogP contribution in [0.15, 0.2) is 28.7 Å². The summed E-state index contributed by atoms with van der Waals surface area (Å²) >= 11 is 3.40. The highest BCUT2D eigenvalue weighted by atomic mass is 79.9. The van der Waals surface area contributed by atoms with Gasteiger partial charge in [0.2, 0.25) is 0 Å². The Hall–Kier alpha value is -0.830. The van der Waals surface area contributed by atoms with Crippen LogP contribution in [0.1, 0.15) is 31.1 Å². The third-order valence-electron chi connectivity index (χ3n) is 2.16. The Morgan fingerprint density at radius 1 is 1.31 bits per heavy atom. The summed E-state index contributed by atoms with van der Waals surface area (Å²) in [4.78, 5) is 13.9. The molecule has 88 valence electrons. The lowest BCUT2D eigenvalue weighted by Gasteiger charge is -2.26. The Bertz CT molecular complexity index is 382. The highest BCUT2D eigenvalue weighted by Gasteiger charge is 2.19. The van der Waals surface area contributed by atoms with Crippen LogP contribution in [0.4, 0.5) is 0 Å². The van der Waals surface area contributed by atoms with Crippen molar-refractivity contribution in [3.05, 3.63) is 34.3 Å². The van der Waals surface area contributed by atoms with Crippen molar-refractivity contribution < 1.29 is 4.79 Å². The van der Waals surface area contributed by atoms with Crippen LogP contribution in [0, 0.1) is 5.41 Å². The van der Waals surface area contributed by atoms with E-state index in [2.05, 4.69) is 36.7 Å². The molecular weight excluding hydrogens is 266 g/mol. The highest BCUT2D eigenvalue weighted by molar-refractivity contribution is 9.10. The van der Waals surface area contributed by atoms with Gasteiger partial charge in [0, 0.05) is 18.1 Å². The molecule has 1 aromatic rings. The molecule has 0 fully saturated rings. The number of rotatable bonds is 2. The third-order valence-corrected chi connectivity index (χ3v) is 2.85. The van der Waals surface area contributed by atoms with E-state index in [0.29, 0.717) is 5.56 Å². The minimum Gasteiger partial charge on any atom is -0.341 e. The van der Waals surface area contributed by atoms with Crippen LogP contribution in [0.5, 0.6) is 0 Å². The molecule has 0 N–H and O–H groups in total. The van der Waals surface area contributed by atoms with Gasteiger partial charge in [0.05, 0.1) is 5.56 Å². The molecule has 0 atom stereocenters. The molecule has 0 aliphatic carbocycles. The van der Waals surface area contributed by atoms with E-state index >= 15 is 0 Å². The van der Waals surface area contributed by atoms with Gasteiger partial charge in [0.1, 0.15) is 0 Å². The van der Waals surface area contributed by atoms with Crippen LogP contribution < -0.4 is 0 Å². The first-order chi connectivity index (χ1) is 7.31. The Morgan fingerprint density at radius 3 is 2.38 bits per heavy atom. The van der Waals surface area contributed by atoms with Gasteiger partial charge >= 0.3 is 0 Å². The highest BCUT2D eigenvalue weighted by Crippen LogP contribution is 2.20. The molecule has 0 aromatic heterocycles. The van der Waals surface area contributed by atoms with Crippen molar-refractivity contribution in [2.75, 3.05) is 13.6 Å². The van der Waals surface area contributed by atoms with E-state index in [1.165, 1.54) is 0 Å². The number of carbonyl (C=O) groups excluding carboxylic acids is 1. The van der Waals surface area contributed by atoms with Gasteiger partial charge in [-0.3, -0.25) is 4.79 Å². The van der Waals surface area contributed by atoms with Crippen molar-refractivity contribution in [2.45, 2.75) is 20.8 Å². The number of hydrogen-bond donors (Lipinski definition) is 0. The van der Waals surface area contributed by atoms with Gasteiger partial charge < -0.3 is 4.90 Å². The molecule has 0 heterocycles. The fraction of sp³-hybridized carbons (Fsp3) is 0.462. The Labute approximate surface area is 106 Å². The van der Waals surface area contributed by atoms with Crippen LogP contribution in [-0.2, 0) is 0 Å². The van der Waals surface area contributed by atoms with Crippen molar-refractivity contribution >= 4 is 21.8 Å². The van der Waals surface area contributed by atoms with Crippen LogP contribution in [0.3, 0.4) is 0 Å². The summed E-state index contributed by atoms with van der Waals surface area (Å²) in [6.45, 7) is 7.11. The summed E-state index contributed by atoms with van der Waals surface area (Å²) < 4.78 is 0.848. The second-order valence-corrected chi connectivity index (χ2v) is 6.06. The predicted octanol–water partition coefficient (Wildman–Crippen LogP) is 3.57. The van der Waals surface area contributed by atoms with E-state index in [0.717, 1.165) is 11.0 Å². The molecule has 0 saturated carbocycles. The van der Waals surface area contributed by atoms with Crippen LogP contribution in [0.25, 0.3) is 0 Å². The minimum atomic E-state index is 0.0578. The van der Waals surface area contributed by atoms with Crippen LogP contribution in [0.2, 0.25) is 0 Å². The molecule has 0 radical (unpaired) electrons. The molecule has 0 bridgehead atoms. The maximum Gasteiger partial charge on any atom is 0.254 e. The van der Waals surface area contributed by atoms with E-state index in [4.69, 9.17) is 0 Å². The number of nitrogens with zero attached hydrogens (tertiary/aromatic N) is 1. The molecule has 2 nitrogen and oxygen atoms in total. The molecule has 3 heteroatoms. The quantitative estimate of drug-likeness (QED) is 0.813. The summed E-state index contributed by atoms with van der Waals surface area (Å²) in [6, 6.07) is 7.51. The second kappa shape index (κ2) is 5.00. The summed E-state index contributed by atoms with van der Waals surface area (Å²) in [5, 5.41) is 0. The molecule has 16 heavy (non-hydrogen) atoms. The second-order valence-electron chi connectivity index (χ2n) is 5.20. The van der Waals surface area contributed by atoms with Crippen molar-refractivity contribution in [2.24, 2.45) is 5.41 Å². The van der Waals surface area contributed by atoms with Gasteiger partial charge in [0.25, 0.3) is 5.91 Å². The number of hydrogen-bond acceptors (Lipinski definition) is 1. The molecule has 1 aromatic carbocycles. The zero-order valence-corrected chi connectivity index (χ0v) is 11.8. The fourth-order valence-corrected chi connectivity index (χ4v) is 2.08. The average Bonchev–Trinajstić information content (AvgIpc) is 2.15. The van der Waals surface area contributed by atoms with Crippen molar-refractivity contribution in [1.82, 2.24) is 4.90 Å².